The second kappa shape index (κ2) is 7.83. The average Bonchev–Trinajstić information content (AvgIpc) is 2.49. The zero-order chi connectivity index (χ0) is 14.2. The lowest BCUT2D eigenvalue weighted by atomic mass is 10.0. The highest BCUT2D eigenvalue weighted by Gasteiger charge is 2.02. The van der Waals surface area contributed by atoms with Gasteiger partial charge in [-0.05, 0) is 41.6 Å². The number of aliphatic hydroxyl groups is 1. The van der Waals surface area contributed by atoms with Crippen molar-refractivity contribution in [1.82, 2.24) is 5.32 Å². The molecule has 0 bridgehead atoms. The van der Waals surface area contributed by atoms with Crippen LogP contribution < -0.4 is 5.32 Å². The third kappa shape index (κ3) is 4.48. The fourth-order valence-electron chi connectivity index (χ4n) is 2.28. The molecule has 0 aliphatic heterocycles. The lowest BCUT2D eigenvalue weighted by Gasteiger charge is -2.11. The minimum absolute atomic E-state index is 0.270. The van der Waals surface area contributed by atoms with E-state index in [9.17, 15) is 0 Å². The van der Waals surface area contributed by atoms with E-state index < -0.39 is 0 Å². The zero-order valence-electron chi connectivity index (χ0n) is 12.0. The van der Waals surface area contributed by atoms with Gasteiger partial charge >= 0.3 is 0 Å². The van der Waals surface area contributed by atoms with Gasteiger partial charge < -0.3 is 10.4 Å². The normalized spacial score (nSPS) is 12.3. The Morgan fingerprint density at radius 2 is 1.75 bits per heavy atom. The molecule has 0 saturated heterocycles. The lowest BCUT2D eigenvalue weighted by molar-refractivity contribution is 0.260. The Labute approximate surface area is 121 Å². The standard InChI is InChI=1S/C18H23NO/c1-15(10-11-20)13-19-14-16-6-5-9-18(12-16)17-7-3-2-4-8-17/h2-9,12,15,19-20H,10-11,13-14H2,1H3. The molecule has 2 nitrogen and oxygen atoms in total. The first-order valence-corrected chi connectivity index (χ1v) is 7.25. The van der Waals surface area contributed by atoms with Crippen molar-refractivity contribution in [2.24, 2.45) is 5.92 Å². The summed E-state index contributed by atoms with van der Waals surface area (Å²) in [5.74, 6) is 0.511. The Hall–Kier alpha value is -1.64. The molecule has 0 aliphatic carbocycles. The molecule has 2 aromatic carbocycles. The second-order valence-electron chi connectivity index (χ2n) is 5.31. The number of rotatable bonds is 7. The zero-order valence-corrected chi connectivity index (χ0v) is 12.0. The molecule has 0 spiro atoms. The maximum absolute atomic E-state index is 8.89. The highest BCUT2D eigenvalue weighted by molar-refractivity contribution is 5.63. The van der Waals surface area contributed by atoms with Crippen molar-refractivity contribution in [3.05, 3.63) is 60.2 Å². The highest BCUT2D eigenvalue weighted by Crippen LogP contribution is 2.19. The first kappa shape index (κ1) is 14.8. The maximum Gasteiger partial charge on any atom is 0.0434 e. The summed E-state index contributed by atoms with van der Waals surface area (Å²) < 4.78 is 0. The monoisotopic (exact) mass is 269 g/mol. The predicted molar refractivity (Wildman–Crippen MR) is 84.5 cm³/mol. The Morgan fingerprint density at radius 3 is 2.50 bits per heavy atom. The van der Waals surface area contributed by atoms with Gasteiger partial charge in [0, 0.05) is 13.2 Å². The minimum Gasteiger partial charge on any atom is -0.396 e. The van der Waals surface area contributed by atoms with Crippen molar-refractivity contribution in [3.63, 3.8) is 0 Å². The van der Waals surface area contributed by atoms with Crippen LogP contribution in [0.1, 0.15) is 18.9 Å². The van der Waals surface area contributed by atoms with Crippen LogP contribution in [-0.2, 0) is 6.54 Å². The van der Waals surface area contributed by atoms with Gasteiger partial charge in [-0.3, -0.25) is 0 Å². The maximum atomic E-state index is 8.89. The number of nitrogens with one attached hydrogen (secondary N) is 1. The summed E-state index contributed by atoms with van der Waals surface area (Å²) in [6, 6.07) is 19.1. The van der Waals surface area contributed by atoms with Crippen LogP contribution in [-0.4, -0.2) is 18.3 Å². The lowest BCUT2D eigenvalue weighted by Crippen LogP contribution is -2.21. The van der Waals surface area contributed by atoms with Gasteiger partial charge in [0.15, 0.2) is 0 Å². The SMILES string of the molecule is CC(CCO)CNCc1cccc(-c2ccccc2)c1. The molecule has 1 atom stereocenters. The van der Waals surface area contributed by atoms with Crippen molar-refractivity contribution in [2.45, 2.75) is 19.9 Å². The summed E-state index contributed by atoms with van der Waals surface area (Å²) in [6.45, 7) is 4.24. The molecule has 2 N–H and O–H groups in total. The Kier molecular flexibility index (Phi) is 5.78. The molecular weight excluding hydrogens is 246 g/mol. The van der Waals surface area contributed by atoms with Crippen LogP contribution in [0.15, 0.2) is 54.6 Å². The summed E-state index contributed by atoms with van der Waals surface area (Å²) in [5.41, 5.74) is 3.80. The molecule has 1 unspecified atom stereocenters. The molecule has 0 amide bonds. The van der Waals surface area contributed by atoms with Gasteiger partial charge in [0.2, 0.25) is 0 Å². The molecule has 2 rings (SSSR count). The van der Waals surface area contributed by atoms with Crippen molar-refractivity contribution in [3.8, 4) is 11.1 Å². The van der Waals surface area contributed by atoms with Crippen LogP contribution in [0.3, 0.4) is 0 Å². The van der Waals surface area contributed by atoms with Crippen LogP contribution in [0.25, 0.3) is 11.1 Å². The summed E-state index contributed by atoms with van der Waals surface area (Å²) in [4.78, 5) is 0. The summed E-state index contributed by atoms with van der Waals surface area (Å²) >= 11 is 0. The molecule has 0 aliphatic rings. The van der Waals surface area contributed by atoms with Gasteiger partial charge in [-0.25, -0.2) is 0 Å². The van der Waals surface area contributed by atoms with E-state index in [1.165, 1.54) is 16.7 Å². The third-order valence-electron chi connectivity index (χ3n) is 3.48. The van der Waals surface area contributed by atoms with E-state index >= 15 is 0 Å². The van der Waals surface area contributed by atoms with Crippen molar-refractivity contribution < 1.29 is 5.11 Å². The van der Waals surface area contributed by atoms with Crippen molar-refractivity contribution in [2.75, 3.05) is 13.2 Å². The molecule has 0 aromatic heterocycles. The molecule has 0 radical (unpaired) electrons. The molecule has 0 fully saturated rings. The Balaban J connectivity index is 1.93. The van der Waals surface area contributed by atoms with Gasteiger partial charge in [-0.2, -0.15) is 0 Å². The van der Waals surface area contributed by atoms with E-state index in [0.29, 0.717) is 5.92 Å². The van der Waals surface area contributed by atoms with Gasteiger partial charge in [0.25, 0.3) is 0 Å². The van der Waals surface area contributed by atoms with E-state index in [4.69, 9.17) is 5.11 Å². The minimum atomic E-state index is 0.270. The smallest absolute Gasteiger partial charge is 0.0434 e. The van der Waals surface area contributed by atoms with E-state index in [2.05, 4.69) is 60.8 Å². The Morgan fingerprint density at radius 1 is 1.00 bits per heavy atom. The third-order valence-corrected chi connectivity index (χ3v) is 3.48. The molecule has 20 heavy (non-hydrogen) atoms. The van der Waals surface area contributed by atoms with E-state index in [1.807, 2.05) is 6.07 Å². The number of hydrogen-bond donors (Lipinski definition) is 2. The van der Waals surface area contributed by atoms with Gasteiger partial charge in [0.05, 0.1) is 0 Å². The first-order chi connectivity index (χ1) is 9.79. The van der Waals surface area contributed by atoms with Crippen molar-refractivity contribution in [1.29, 1.82) is 0 Å². The molecule has 0 heterocycles. The summed E-state index contributed by atoms with van der Waals surface area (Å²) in [6.07, 6.45) is 0.858. The van der Waals surface area contributed by atoms with E-state index in [-0.39, 0.29) is 6.61 Å². The van der Waals surface area contributed by atoms with Gasteiger partial charge in [-0.1, -0.05) is 55.5 Å². The van der Waals surface area contributed by atoms with Crippen LogP contribution in [0.5, 0.6) is 0 Å². The molecule has 0 saturated carbocycles. The first-order valence-electron chi connectivity index (χ1n) is 7.25. The summed E-state index contributed by atoms with van der Waals surface area (Å²) in [5, 5.41) is 12.3. The largest absolute Gasteiger partial charge is 0.396 e. The van der Waals surface area contributed by atoms with Crippen LogP contribution in [0, 0.1) is 5.92 Å². The molecule has 2 aromatic rings. The van der Waals surface area contributed by atoms with Crippen LogP contribution >= 0.6 is 0 Å². The topological polar surface area (TPSA) is 32.3 Å². The number of benzene rings is 2. The predicted octanol–water partition coefficient (Wildman–Crippen LogP) is 3.46. The Bertz CT molecular complexity index is 510. The molecular formula is C18H23NO. The molecule has 106 valence electrons. The summed E-state index contributed by atoms with van der Waals surface area (Å²) in [7, 11) is 0. The number of aliphatic hydroxyl groups excluding tert-OH is 1. The number of hydrogen-bond acceptors (Lipinski definition) is 2. The average molecular weight is 269 g/mol. The van der Waals surface area contributed by atoms with Gasteiger partial charge in [0.1, 0.15) is 0 Å². The second-order valence-corrected chi connectivity index (χ2v) is 5.31. The van der Waals surface area contributed by atoms with E-state index in [0.717, 1.165) is 19.5 Å². The molecule has 2 heteroatoms. The van der Waals surface area contributed by atoms with E-state index in [1.54, 1.807) is 0 Å². The fourth-order valence-corrected chi connectivity index (χ4v) is 2.28. The van der Waals surface area contributed by atoms with Crippen molar-refractivity contribution >= 4 is 0 Å². The highest BCUT2D eigenvalue weighted by atomic mass is 16.3. The fraction of sp³-hybridized carbons (Fsp3) is 0.333. The van der Waals surface area contributed by atoms with Crippen LogP contribution in [0.2, 0.25) is 0 Å². The quantitative estimate of drug-likeness (QED) is 0.807. The van der Waals surface area contributed by atoms with Gasteiger partial charge in [-0.15, -0.1) is 0 Å². The van der Waals surface area contributed by atoms with Crippen LogP contribution in [0.4, 0.5) is 0 Å².